The SMILES string of the molecule is C=CC(=O)Nc1ccccc1-c1c(C)nc2n(CC(=O)Nc3ccc(C(F)(F)F)cc3)c(CC)c(C)c(=O)n12. The molecule has 2 N–H and O–H groups in total. The average molecular weight is 538 g/mol. The Morgan fingerprint density at radius 1 is 1.05 bits per heavy atom. The van der Waals surface area contributed by atoms with E-state index in [1.54, 1.807) is 42.7 Å². The second-order valence-corrected chi connectivity index (χ2v) is 8.86. The quantitative estimate of drug-likeness (QED) is 0.320. The van der Waals surface area contributed by atoms with Crippen LogP contribution in [0.2, 0.25) is 0 Å². The van der Waals surface area contributed by atoms with E-state index in [1.807, 2.05) is 6.92 Å². The zero-order valence-electron chi connectivity index (χ0n) is 21.5. The van der Waals surface area contributed by atoms with E-state index >= 15 is 0 Å². The van der Waals surface area contributed by atoms with E-state index in [4.69, 9.17) is 0 Å². The third-order valence-corrected chi connectivity index (χ3v) is 6.32. The third-order valence-electron chi connectivity index (χ3n) is 6.32. The number of aromatic nitrogens is 3. The summed E-state index contributed by atoms with van der Waals surface area (Å²) in [5, 5.41) is 5.35. The molecule has 202 valence electrons. The van der Waals surface area contributed by atoms with Crippen LogP contribution < -0.4 is 16.2 Å². The lowest BCUT2D eigenvalue weighted by atomic mass is 10.1. The van der Waals surface area contributed by atoms with Gasteiger partial charge in [0.25, 0.3) is 5.56 Å². The van der Waals surface area contributed by atoms with Crippen LogP contribution in [0, 0.1) is 13.8 Å². The maximum absolute atomic E-state index is 13.6. The van der Waals surface area contributed by atoms with Gasteiger partial charge in [0.15, 0.2) is 0 Å². The highest BCUT2D eigenvalue weighted by molar-refractivity contribution is 6.01. The van der Waals surface area contributed by atoms with Crippen molar-refractivity contribution >= 4 is 29.0 Å². The highest BCUT2D eigenvalue weighted by Gasteiger charge is 2.30. The molecule has 2 aromatic carbocycles. The zero-order valence-corrected chi connectivity index (χ0v) is 21.5. The first-order valence-electron chi connectivity index (χ1n) is 12.1. The van der Waals surface area contributed by atoms with Crippen LogP contribution in [-0.4, -0.2) is 25.8 Å². The normalized spacial score (nSPS) is 11.4. The molecular formula is C28H26F3N5O3. The largest absolute Gasteiger partial charge is 0.416 e. The lowest BCUT2D eigenvalue weighted by molar-refractivity contribution is -0.137. The molecule has 0 radical (unpaired) electrons. The van der Waals surface area contributed by atoms with Crippen molar-refractivity contribution in [1.29, 1.82) is 0 Å². The molecule has 0 saturated carbocycles. The summed E-state index contributed by atoms with van der Waals surface area (Å²) in [6.07, 6.45) is -2.92. The van der Waals surface area contributed by atoms with Crippen molar-refractivity contribution in [1.82, 2.24) is 14.0 Å². The van der Waals surface area contributed by atoms with Gasteiger partial charge < -0.3 is 15.2 Å². The molecule has 4 rings (SSSR count). The number of rotatable bonds is 7. The van der Waals surface area contributed by atoms with Gasteiger partial charge in [0.2, 0.25) is 17.6 Å². The van der Waals surface area contributed by atoms with Crippen molar-refractivity contribution < 1.29 is 22.8 Å². The number of nitrogens with one attached hydrogen (secondary N) is 2. The minimum atomic E-state index is -4.49. The van der Waals surface area contributed by atoms with Crippen LogP contribution in [0.15, 0.2) is 66.0 Å². The molecule has 0 aliphatic carbocycles. The first kappa shape index (κ1) is 27.4. The molecule has 11 heteroatoms. The second-order valence-electron chi connectivity index (χ2n) is 8.86. The van der Waals surface area contributed by atoms with Crippen molar-refractivity contribution in [2.24, 2.45) is 0 Å². The molecule has 0 unspecified atom stereocenters. The fourth-order valence-electron chi connectivity index (χ4n) is 4.51. The maximum Gasteiger partial charge on any atom is 0.416 e. The number of hydrogen-bond acceptors (Lipinski definition) is 4. The minimum Gasteiger partial charge on any atom is -0.325 e. The van der Waals surface area contributed by atoms with Gasteiger partial charge in [0.1, 0.15) is 6.54 Å². The lowest BCUT2D eigenvalue weighted by Gasteiger charge is -2.17. The number of hydrogen-bond donors (Lipinski definition) is 2. The molecule has 0 fully saturated rings. The van der Waals surface area contributed by atoms with Crippen LogP contribution in [0.5, 0.6) is 0 Å². The molecule has 0 atom stereocenters. The number of imidazole rings is 1. The van der Waals surface area contributed by atoms with Gasteiger partial charge >= 0.3 is 6.18 Å². The number of fused-ring (bicyclic) bond motifs is 1. The molecular weight excluding hydrogens is 511 g/mol. The number of halogens is 3. The van der Waals surface area contributed by atoms with E-state index in [9.17, 15) is 27.6 Å². The highest BCUT2D eigenvalue weighted by Crippen LogP contribution is 2.32. The molecule has 2 aromatic heterocycles. The van der Waals surface area contributed by atoms with Gasteiger partial charge in [0, 0.05) is 22.5 Å². The monoisotopic (exact) mass is 537 g/mol. The number of carbonyl (C=O) groups is 2. The van der Waals surface area contributed by atoms with E-state index in [0.29, 0.717) is 40.3 Å². The molecule has 2 amide bonds. The van der Waals surface area contributed by atoms with E-state index in [1.165, 1.54) is 16.5 Å². The Labute approximate surface area is 221 Å². The summed E-state index contributed by atoms with van der Waals surface area (Å²) in [6, 6.07) is 11.1. The van der Waals surface area contributed by atoms with E-state index in [0.717, 1.165) is 18.2 Å². The molecule has 0 saturated heterocycles. The average Bonchev–Trinajstić information content (AvgIpc) is 3.24. The molecule has 0 bridgehead atoms. The van der Waals surface area contributed by atoms with Crippen molar-refractivity contribution in [2.45, 2.75) is 39.9 Å². The number of benzene rings is 2. The summed E-state index contributed by atoms with van der Waals surface area (Å²) >= 11 is 0. The third kappa shape index (κ3) is 5.33. The Kier molecular flexibility index (Phi) is 7.44. The molecule has 4 aromatic rings. The summed E-state index contributed by atoms with van der Waals surface area (Å²) in [6.45, 7) is 8.47. The Hall–Kier alpha value is -4.67. The summed E-state index contributed by atoms with van der Waals surface area (Å²) < 4.78 is 41.7. The summed E-state index contributed by atoms with van der Waals surface area (Å²) in [5.41, 5.74) is 2.04. The predicted molar refractivity (Wildman–Crippen MR) is 143 cm³/mol. The molecule has 8 nitrogen and oxygen atoms in total. The van der Waals surface area contributed by atoms with E-state index < -0.39 is 23.6 Å². The van der Waals surface area contributed by atoms with Crippen molar-refractivity contribution in [3.63, 3.8) is 0 Å². The molecule has 0 aliphatic heterocycles. The van der Waals surface area contributed by atoms with Crippen LogP contribution in [0.4, 0.5) is 24.5 Å². The van der Waals surface area contributed by atoms with Gasteiger partial charge in [-0.15, -0.1) is 0 Å². The number of para-hydroxylation sites is 1. The van der Waals surface area contributed by atoms with Crippen LogP contribution in [-0.2, 0) is 28.7 Å². The van der Waals surface area contributed by atoms with Gasteiger partial charge in [-0.25, -0.2) is 9.38 Å². The summed E-state index contributed by atoms with van der Waals surface area (Å²) in [7, 11) is 0. The Bertz CT molecular complexity index is 1650. The van der Waals surface area contributed by atoms with Gasteiger partial charge in [-0.1, -0.05) is 31.7 Å². The number of alkyl halides is 3. The van der Waals surface area contributed by atoms with Crippen LogP contribution in [0.25, 0.3) is 17.0 Å². The van der Waals surface area contributed by atoms with Gasteiger partial charge in [-0.05, 0) is 56.7 Å². The molecule has 39 heavy (non-hydrogen) atoms. The summed E-state index contributed by atoms with van der Waals surface area (Å²) in [5.74, 6) is -0.701. The van der Waals surface area contributed by atoms with E-state index in [-0.39, 0.29) is 23.6 Å². The van der Waals surface area contributed by atoms with Gasteiger partial charge in [-0.2, -0.15) is 13.2 Å². The standard InChI is InChI=1S/C28H26F3N5O3/c1-5-22-16(3)26(39)36-25(20-9-7-8-10-21(20)34-23(37)6-2)17(4)32-27(36)35(22)15-24(38)33-19-13-11-18(12-14-19)28(29,30)31/h6-14H,2,5,15H2,1,3-4H3,(H,33,38)(H,34,37). The first-order chi connectivity index (χ1) is 18.5. The number of anilines is 2. The summed E-state index contributed by atoms with van der Waals surface area (Å²) in [4.78, 5) is 43.2. The Morgan fingerprint density at radius 3 is 2.33 bits per heavy atom. The predicted octanol–water partition coefficient (Wildman–Crippen LogP) is 5.12. The van der Waals surface area contributed by atoms with Gasteiger partial charge in [0.05, 0.1) is 22.6 Å². The van der Waals surface area contributed by atoms with Crippen LogP contribution >= 0.6 is 0 Å². The number of nitrogens with zero attached hydrogens (tertiary/aromatic N) is 3. The highest BCUT2D eigenvalue weighted by atomic mass is 19.4. The number of carbonyl (C=O) groups excluding carboxylic acids is 2. The minimum absolute atomic E-state index is 0.201. The number of amides is 2. The fraction of sp³-hybridized carbons (Fsp3) is 0.214. The molecule has 0 spiro atoms. The van der Waals surface area contributed by atoms with E-state index in [2.05, 4.69) is 22.2 Å². The second kappa shape index (κ2) is 10.6. The van der Waals surface area contributed by atoms with Gasteiger partial charge in [-0.3, -0.25) is 14.4 Å². The smallest absolute Gasteiger partial charge is 0.325 e. The first-order valence-corrected chi connectivity index (χ1v) is 12.1. The molecule has 0 aliphatic rings. The van der Waals surface area contributed by atoms with Crippen LogP contribution in [0.1, 0.15) is 29.4 Å². The van der Waals surface area contributed by atoms with Crippen molar-refractivity contribution in [3.05, 3.63) is 94.1 Å². The maximum atomic E-state index is 13.6. The lowest BCUT2D eigenvalue weighted by Crippen LogP contribution is -2.29. The van der Waals surface area contributed by atoms with Crippen molar-refractivity contribution in [2.75, 3.05) is 10.6 Å². The Morgan fingerprint density at radius 2 is 1.72 bits per heavy atom. The Balaban J connectivity index is 1.80. The zero-order chi connectivity index (χ0) is 28.5. The fourth-order valence-corrected chi connectivity index (χ4v) is 4.51. The number of aryl methyl sites for hydroxylation is 1. The topological polar surface area (TPSA) is 97.5 Å². The molecule has 2 heterocycles. The van der Waals surface area contributed by atoms with Crippen LogP contribution in [0.3, 0.4) is 0 Å². The van der Waals surface area contributed by atoms with Crippen molar-refractivity contribution in [3.8, 4) is 11.3 Å².